The van der Waals surface area contributed by atoms with Gasteiger partial charge in [-0.3, -0.25) is 19.7 Å². The molecule has 4 aromatic carbocycles. The van der Waals surface area contributed by atoms with Crippen LogP contribution >= 0.6 is 0 Å². The molecule has 10 nitrogen and oxygen atoms in total. The number of ether oxygens (including phenoxy) is 4. The van der Waals surface area contributed by atoms with Gasteiger partial charge in [-0.1, -0.05) is 78.4 Å². The zero-order chi connectivity index (χ0) is 32.2. The van der Waals surface area contributed by atoms with E-state index in [-0.39, 0.29) is 6.54 Å². The lowest BCUT2D eigenvalue weighted by atomic mass is 9.63. The van der Waals surface area contributed by atoms with E-state index >= 15 is 4.79 Å². The Kier molecular flexibility index (Phi) is 7.05. The lowest BCUT2D eigenvalue weighted by Crippen LogP contribution is -2.61. The maximum Gasteiger partial charge on any atom is 0.309 e. The molecule has 0 bridgehead atoms. The SMILES string of the molecule is COC(=O)C[C@H]1Oc2ccc(OC)cc2[C@@H]2O[C@@]3(C(=O)N(Cc4ccccc4)c4ccccc43)[C@@H](c3ccc(C)cc3)[C@]12[N+](=O)[O-]. The van der Waals surface area contributed by atoms with Gasteiger partial charge in [-0.25, -0.2) is 0 Å². The first-order valence-electron chi connectivity index (χ1n) is 15.0. The Morgan fingerprint density at radius 2 is 1.70 bits per heavy atom. The summed E-state index contributed by atoms with van der Waals surface area (Å²) in [5.74, 6) is -1.60. The number of anilines is 1. The summed E-state index contributed by atoms with van der Waals surface area (Å²) >= 11 is 0. The summed E-state index contributed by atoms with van der Waals surface area (Å²) in [5, 5.41) is 13.9. The van der Waals surface area contributed by atoms with E-state index in [9.17, 15) is 14.9 Å². The molecule has 1 fully saturated rings. The predicted molar refractivity (Wildman–Crippen MR) is 167 cm³/mol. The van der Waals surface area contributed by atoms with Crippen molar-refractivity contribution in [3.05, 3.63) is 135 Å². The first kappa shape index (κ1) is 29.5. The van der Waals surface area contributed by atoms with Gasteiger partial charge in [0.05, 0.1) is 32.9 Å². The predicted octanol–water partition coefficient (Wildman–Crippen LogP) is 5.64. The fourth-order valence-corrected chi connectivity index (χ4v) is 7.49. The van der Waals surface area contributed by atoms with E-state index in [0.29, 0.717) is 33.9 Å². The summed E-state index contributed by atoms with van der Waals surface area (Å²) < 4.78 is 23.9. The normalized spacial score (nSPS) is 25.8. The Balaban J connectivity index is 1.54. The van der Waals surface area contributed by atoms with E-state index in [1.165, 1.54) is 14.2 Å². The summed E-state index contributed by atoms with van der Waals surface area (Å²) in [6.45, 7) is 2.14. The van der Waals surface area contributed by atoms with Crippen LogP contribution in [0.5, 0.6) is 11.5 Å². The van der Waals surface area contributed by atoms with Crippen molar-refractivity contribution in [1.29, 1.82) is 0 Å². The molecule has 5 atom stereocenters. The number of aryl methyl sites for hydroxylation is 1. The number of hydrogen-bond acceptors (Lipinski definition) is 8. The molecule has 3 heterocycles. The molecule has 0 unspecified atom stereocenters. The van der Waals surface area contributed by atoms with E-state index in [1.54, 1.807) is 47.4 Å². The van der Waals surface area contributed by atoms with Gasteiger partial charge in [0, 0.05) is 16.1 Å². The lowest BCUT2D eigenvalue weighted by molar-refractivity contribution is -0.593. The quantitative estimate of drug-likeness (QED) is 0.148. The van der Waals surface area contributed by atoms with Crippen molar-refractivity contribution >= 4 is 17.6 Å². The van der Waals surface area contributed by atoms with Crippen LogP contribution in [0.4, 0.5) is 5.69 Å². The summed E-state index contributed by atoms with van der Waals surface area (Å²) in [4.78, 5) is 43.2. The van der Waals surface area contributed by atoms with Crippen LogP contribution in [0.25, 0.3) is 0 Å². The second kappa shape index (κ2) is 11.0. The summed E-state index contributed by atoms with van der Waals surface area (Å²) in [6.07, 6.45) is -3.10. The molecule has 1 spiro atoms. The number of benzene rings is 4. The van der Waals surface area contributed by atoms with Gasteiger partial charge in [0.15, 0.2) is 17.8 Å². The highest BCUT2D eigenvalue weighted by atomic mass is 16.7. The zero-order valence-corrected chi connectivity index (χ0v) is 25.5. The van der Waals surface area contributed by atoms with E-state index in [1.807, 2.05) is 61.5 Å². The van der Waals surface area contributed by atoms with Crippen molar-refractivity contribution < 1.29 is 33.5 Å². The molecule has 3 aliphatic heterocycles. The van der Waals surface area contributed by atoms with Crippen LogP contribution < -0.4 is 14.4 Å². The lowest BCUT2D eigenvalue weighted by Gasteiger charge is -2.41. The Bertz CT molecular complexity index is 1840. The monoisotopic (exact) mass is 620 g/mol. The number of carbonyl (C=O) groups excluding carboxylic acids is 2. The van der Waals surface area contributed by atoms with E-state index < -0.39 is 52.5 Å². The fraction of sp³-hybridized carbons (Fsp3) is 0.278. The number of fused-ring (bicyclic) bond motifs is 5. The Morgan fingerprint density at radius 3 is 2.39 bits per heavy atom. The van der Waals surface area contributed by atoms with Crippen molar-refractivity contribution in [3.8, 4) is 11.5 Å². The van der Waals surface area contributed by atoms with Gasteiger partial charge >= 0.3 is 5.97 Å². The minimum absolute atomic E-state index is 0.227. The number of rotatable bonds is 7. The van der Waals surface area contributed by atoms with E-state index in [2.05, 4.69) is 0 Å². The van der Waals surface area contributed by atoms with Gasteiger partial charge < -0.3 is 23.8 Å². The van der Waals surface area contributed by atoms with Gasteiger partial charge in [-0.15, -0.1) is 0 Å². The van der Waals surface area contributed by atoms with Crippen LogP contribution in [0.15, 0.2) is 97.1 Å². The molecule has 0 saturated carbocycles. The topological polar surface area (TPSA) is 117 Å². The number of carbonyl (C=O) groups is 2. The third-order valence-corrected chi connectivity index (χ3v) is 9.53. The second-order valence-corrected chi connectivity index (χ2v) is 11.9. The summed E-state index contributed by atoms with van der Waals surface area (Å²) in [5.41, 5.74) is -0.184. The largest absolute Gasteiger partial charge is 0.497 e. The standard InChI is InChI=1S/C36H32N2O8/c1-22-13-15-24(16-14-22)32-35(38(41)42)30(20-31(39)44-3)45-29-18-17-25(43-2)19-26(29)33(35)46-36(32)27-11-7-8-12-28(27)37(34(36)40)21-23-9-5-4-6-10-23/h4-19,30,32-33H,20-21H2,1-3H3/t30-,32+,33+,35-,36-/m1/s1. The molecule has 3 aliphatic rings. The smallest absolute Gasteiger partial charge is 0.309 e. The number of nitrogens with zero attached hydrogens (tertiary/aromatic N) is 2. The number of methoxy groups -OCH3 is 2. The third-order valence-electron chi connectivity index (χ3n) is 9.53. The fourth-order valence-electron chi connectivity index (χ4n) is 7.49. The third kappa shape index (κ3) is 4.13. The summed E-state index contributed by atoms with van der Waals surface area (Å²) in [6, 6.07) is 29.1. The van der Waals surface area contributed by atoms with Crippen LogP contribution in [0.3, 0.4) is 0 Å². The van der Waals surface area contributed by atoms with Crippen molar-refractivity contribution in [2.75, 3.05) is 19.1 Å². The molecule has 1 saturated heterocycles. The van der Waals surface area contributed by atoms with Crippen molar-refractivity contribution in [2.24, 2.45) is 0 Å². The number of para-hydroxylation sites is 1. The molecule has 4 aromatic rings. The van der Waals surface area contributed by atoms with Crippen LogP contribution in [0.2, 0.25) is 0 Å². The molecule has 7 rings (SSSR count). The highest BCUT2D eigenvalue weighted by Crippen LogP contribution is 2.68. The van der Waals surface area contributed by atoms with Crippen molar-refractivity contribution in [2.45, 2.75) is 49.2 Å². The molecule has 10 heteroatoms. The molecular weight excluding hydrogens is 588 g/mol. The average molecular weight is 621 g/mol. The molecule has 0 aliphatic carbocycles. The number of nitro groups is 1. The number of hydrogen-bond donors (Lipinski definition) is 0. The van der Waals surface area contributed by atoms with Crippen LogP contribution in [0.1, 0.15) is 46.3 Å². The Hall–Kier alpha value is -5.22. The van der Waals surface area contributed by atoms with Crippen molar-refractivity contribution in [3.63, 3.8) is 0 Å². The van der Waals surface area contributed by atoms with Crippen molar-refractivity contribution in [1.82, 2.24) is 0 Å². The van der Waals surface area contributed by atoms with E-state index in [0.717, 1.165) is 11.1 Å². The Morgan fingerprint density at radius 1 is 0.978 bits per heavy atom. The highest BCUT2D eigenvalue weighted by Gasteiger charge is 2.82. The molecule has 0 radical (unpaired) electrons. The Labute approximate surface area is 265 Å². The molecule has 0 N–H and O–H groups in total. The van der Waals surface area contributed by atoms with Gasteiger partial charge in [-0.2, -0.15) is 0 Å². The maximum atomic E-state index is 15.2. The van der Waals surface area contributed by atoms with Gasteiger partial charge in [0.1, 0.15) is 17.4 Å². The van der Waals surface area contributed by atoms with E-state index in [4.69, 9.17) is 18.9 Å². The first-order valence-corrected chi connectivity index (χ1v) is 15.0. The van der Waals surface area contributed by atoms with Gasteiger partial charge in [0.2, 0.25) is 0 Å². The molecular formula is C36H32N2O8. The molecule has 46 heavy (non-hydrogen) atoms. The highest BCUT2D eigenvalue weighted by molar-refractivity contribution is 6.08. The second-order valence-electron chi connectivity index (χ2n) is 11.9. The van der Waals surface area contributed by atoms with Crippen LogP contribution in [0, 0.1) is 17.0 Å². The minimum Gasteiger partial charge on any atom is -0.497 e. The number of esters is 1. The maximum absolute atomic E-state index is 15.2. The van der Waals surface area contributed by atoms with Crippen LogP contribution in [-0.2, 0) is 31.2 Å². The zero-order valence-electron chi connectivity index (χ0n) is 25.5. The molecule has 234 valence electrons. The molecule has 1 amide bonds. The summed E-state index contributed by atoms with van der Waals surface area (Å²) in [7, 11) is 2.72. The number of amides is 1. The average Bonchev–Trinajstić information content (AvgIpc) is 3.53. The van der Waals surface area contributed by atoms with Crippen LogP contribution in [-0.4, -0.2) is 42.7 Å². The van der Waals surface area contributed by atoms with Gasteiger partial charge in [-0.05, 0) is 42.3 Å². The minimum atomic E-state index is -2.14. The first-order chi connectivity index (χ1) is 22.2. The van der Waals surface area contributed by atoms with Gasteiger partial charge in [0.25, 0.3) is 11.4 Å². The molecule has 0 aromatic heterocycles.